The summed E-state index contributed by atoms with van der Waals surface area (Å²) in [7, 11) is 5.58. The number of nitrogens with zero attached hydrogens (tertiary/aromatic N) is 1. The summed E-state index contributed by atoms with van der Waals surface area (Å²) >= 11 is 0. The number of carbonyl (C=O) groups is 1. The molecule has 1 heterocycles. The molecule has 1 saturated carbocycles. The fraction of sp³-hybridized carbons (Fsp3) is 0.824. The van der Waals surface area contributed by atoms with Gasteiger partial charge >= 0.3 is 0 Å². The van der Waals surface area contributed by atoms with Crippen LogP contribution in [0.3, 0.4) is 0 Å². The van der Waals surface area contributed by atoms with Gasteiger partial charge in [0.25, 0.3) is 0 Å². The Kier molecular flexibility index (Phi) is 4.58. The largest absolute Gasteiger partial charge is 0.351 e. The summed E-state index contributed by atoms with van der Waals surface area (Å²) in [6.07, 6.45) is 3.03. The number of amides is 1. The molecule has 2 fully saturated rings. The first-order valence-corrected chi connectivity index (χ1v) is 8.13. The minimum Gasteiger partial charge on any atom is -0.351 e. The van der Waals surface area contributed by atoms with Crippen LogP contribution in [0.4, 0.5) is 4.79 Å². The monoisotopic (exact) mass is 289 g/mol. The van der Waals surface area contributed by atoms with Crippen LogP contribution in [0.2, 0.25) is 0 Å². The number of hydrogen-bond acceptors (Lipinski definition) is 2. The van der Waals surface area contributed by atoms with Crippen LogP contribution in [0.5, 0.6) is 0 Å². The highest BCUT2D eigenvalue weighted by atomic mass is 16.5. The predicted octanol–water partition coefficient (Wildman–Crippen LogP) is 3.73. The standard InChI is InChI=1S/C17H28BNO2/c1-7-14-15(21-17(5,6)19(14)16(18)20)9-13-11(3)8-10(2)12(13)4/h11-15H,2,7-9H2,1,3-6H3/t11?,12?,13?,14-,15+/m0/s1. The highest BCUT2D eigenvalue weighted by Gasteiger charge is 2.49. The van der Waals surface area contributed by atoms with E-state index in [1.165, 1.54) is 5.57 Å². The summed E-state index contributed by atoms with van der Waals surface area (Å²) in [4.78, 5) is 13.5. The van der Waals surface area contributed by atoms with Gasteiger partial charge < -0.3 is 9.64 Å². The van der Waals surface area contributed by atoms with Crippen molar-refractivity contribution >= 4 is 13.7 Å². The summed E-state index contributed by atoms with van der Waals surface area (Å²) in [6, 6.07) is 0.0748. The Morgan fingerprint density at radius 3 is 2.52 bits per heavy atom. The lowest BCUT2D eigenvalue weighted by molar-refractivity contribution is -0.0650. The number of ether oxygens (including phenoxy) is 1. The molecule has 1 amide bonds. The predicted molar refractivity (Wildman–Crippen MR) is 86.2 cm³/mol. The Bertz CT molecular complexity index is 435. The van der Waals surface area contributed by atoms with E-state index in [-0.39, 0.29) is 18.0 Å². The Morgan fingerprint density at radius 1 is 1.48 bits per heavy atom. The smallest absolute Gasteiger partial charge is 0.200 e. The quantitative estimate of drug-likeness (QED) is 0.585. The summed E-state index contributed by atoms with van der Waals surface area (Å²) in [5.74, 6) is 1.37. The maximum Gasteiger partial charge on any atom is 0.200 e. The van der Waals surface area contributed by atoms with E-state index in [9.17, 15) is 4.79 Å². The van der Waals surface area contributed by atoms with E-state index in [0.29, 0.717) is 17.8 Å². The zero-order valence-electron chi connectivity index (χ0n) is 14.1. The first-order chi connectivity index (χ1) is 9.69. The van der Waals surface area contributed by atoms with E-state index in [4.69, 9.17) is 12.6 Å². The van der Waals surface area contributed by atoms with Gasteiger partial charge in [-0.2, -0.15) is 0 Å². The summed E-state index contributed by atoms with van der Waals surface area (Å²) in [6.45, 7) is 14.7. The molecular weight excluding hydrogens is 261 g/mol. The Labute approximate surface area is 130 Å². The molecule has 0 bridgehead atoms. The Balaban J connectivity index is 2.17. The van der Waals surface area contributed by atoms with E-state index in [0.717, 1.165) is 19.3 Å². The van der Waals surface area contributed by atoms with Crippen LogP contribution >= 0.6 is 0 Å². The Hall–Kier alpha value is -0.765. The SMILES string of the molecule is [B]C(=O)N1[C@@H](CC)[C@@H](CC2C(C)CC(=C)C2C)OC1(C)C. The molecule has 0 spiro atoms. The zero-order chi connectivity index (χ0) is 15.9. The fourth-order valence-corrected chi connectivity index (χ4v) is 4.40. The van der Waals surface area contributed by atoms with E-state index < -0.39 is 5.72 Å². The summed E-state index contributed by atoms with van der Waals surface area (Å²) < 4.78 is 6.22. The van der Waals surface area contributed by atoms with Crippen molar-refractivity contribution in [3.8, 4) is 0 Å². The van der Waals surface area contributed by atoms with Crippen LogP contribution in [-0.4, -0.2) is 36.4 Å². The van der Waals surface area contributed by atoms with E-state index in [1.54, 1.807) is 4.90 Å². The number of rotatable bonds is 3. The van der Waals surface area contributed by atoms with Crippen molar-refractivity contribution in [2.75, 3.05) is 0 Å². The maximum absolute atomic E-state index is 11.8. The molecule has 0 N–H and O–H groups in total. The zero-order valence-corrected chi connectivity index (χ0v) is 14.1. The van der Waals surface area contributed by atoms with Crippen LogP contribution in [0.25, 0.3) is 0 Å². The van der Waals surface area contributed by atoms with Crippen molar-refractivity contribution < 1.29 is 9.53 Å². The third kappa shape index (κ3) is 2.92. The van der Waals surface area contributed by atoms with Crippen LogP contribution < -0.4 is 0 Å². The molecule has 3 nitrogen and oxygen atoms in total. The van der Waals surface area contributed by atoms with Crippen LogP contribution in [0.1, 0.15) is 53.9 Å². The van der Waals surface area contributed by atoms with Gasteiger partial charge in [-0.25, -0.2) is 0 Å². The van der Waals surface area contributed by atoms with Crippen LogP contribution in [0.15, 0.2) is 12.2 Å². The first kappa shape index (κ1) is 16.6. The number of carbonyl (C=O) groups excluding carboxylic acids is 1. The average molecular weight is 289 g/mol. The molecule has 116 valence electrons. The molecule has 2 rings (SSSR count). The molecule has 3 unspecified atom stereocenters. The molecule has 4 heteroatoms. The van der Waals surface area contributed by atoms with Crippen LogP contribution in [0, 0.1) is 17.8 Å². The van der Waals surface area contributed by atoms with Gasteiger partial charge in [-0.15, -0.1) is 0 Å². The van der Waals surface area contributed by atoms with Crippen molar-refractivity contribution in [3.63, 3.8) is 0 Å². The van der Waals surface area contributed by atoms with Gasteiger partial charge in [0.1, 0.15) is 5.72 Å². The topological polar surface area (TPSA) is 29.5 Å². The minimum absolute atomic E-state index is 0.0679. The van der Waals surface area contributed by atoms with Crippen molar-refractivity contribution in [1.29, 1.82) is 0 Å². The van der Waals surface area contributed by atoms with Crippen molar-refractivity contribution in [2.24, 2.45) is 17.8 Å². The molecule has 5 atom stereocenters. The Morgan fingerprint density at radius 2 is 2.10 bits per heavy atom. The highest BCUT2D eigenvalue weighted by molar-refractivity contribution is 6.57. The van der Waals surface area contributed by atoms with E-state index in [1.807, 2.05) is 13.8 Å². The summed E-state index contributed by atoms with van der Waals surface area (Å²) in [5, 5.41) is 0. The van der Waals surface area contributed by atoms with Crippen molar-refractivity contribution in [3.05, 3.63) is 12.2 Å². The van der Waals surface area contributed by atoms with E-state index in [2.05, 4.69) is 27.4 Å². The van der Waals surface area contributed by atoms with Crippen molar-refractivity contribution in [2.45, 2.75) is 71.8 Å². The lowest BCUT2D eigenvalue weighted by Crippen LogP contribution is -2.47. The lowest BCUT2D eigenvalue weighted by atomic mass is 9.84. The molecule has 21 heavy (non-hydrogen) atoms. The van der Waals surface area contributed by atoms with Gasteiger partial charge in [0, 0.05) is 0 Å². The molecule has 2 aliphatic rings. The lowest BCUT2D eigenvalue weighted by Gasteiger charge is -2.33. The second-order valence-corrected chi connectivity index (χ2v) is 7.31. The fourth-order valence-electron chi connectivity index (χ4n) is 4.40. The van der Waals surface area contributed by atoms with Gasteiger partial charge in [0.15, 0.2) is 5.81 Å². The van der Waals surface area contributed by atoms with Gasteiger partial charge in [0.2, 0.25) is 7.85 Å². The molecule has 1 aliphatic heterocycles. The number of allylic oxidation sites excluding steroid dienone is 1. The highest BCUT2D eigenvalue weighted by Crippen LogP contribution is 2.45. The minimum atomic E-state index is -0.612. The molecule has 2 radical (unpaired) electrons. The molecule has 0 aromatic heterocycles. The molecular formula is C17H28BNO2. The summed E-state index contributed by atoms with van der Waals surface area (Å²) in [5.41, 5.74) is 0.740. The molecule has 1 aliphatic carbocycles. The second kappa shape index (κ2) is 5.79. The average Bonchev–Trinajstić information content (AvgIpc) is 2.76. The third-order valence-corrected chi connectivity index (χ3v) is 5.54. The van der Waals surface area contributed by atoms with Gasteiger partial charge in [0.05, 0.1) is 12.1 Å². The third-order valence-electron chi connectivity index (χ3n) is 5.54. The molecule has 0 aromatic carbocycles. The van der Waals surface area contributed by atoms with Gasteiger partial charge in [-0.05, 0) is 50.9 Å². The number of hydrogen-bond donors (Lipinski definition) is 0. The molecule has 1 saturated heterocycles. The normalized spacial score (nSPS) is 39.0. The van der Waals surface area contributed by atoms with Crippen molar-refractivity contribution in [1.82, 2.24) is 4.90 Å². The maximum atomic E-state index is 11.8. The van der Waals surface area contributed by atoms with Crippen LogP contribution in [-0.2, 0) is 4.74 Å². The van der Waals surface area contributed by atoms with Gasteiger partial charge in [-0.1, -0.05) is 32.9 Å². The molecule has 0 aromatic rings. The van der Waals surface area contributed by atoms with E-state index >= 15 is 0 Å². The van der Waals surface area contributed by atoms with Gasteiger partial charge in [-0.3, -0.25) is 4.79 Å². The first-order valence-electron chi connectivity index (χ1n) is 8.13. The second-order valence-electron chi connectivity index (χ2n) is 7.31.